The van der Waals surface area contributed by atoms with E-state index in [1.165, 1.54) is 0 Å². The second-order valence-corrected chi connectivity index (χ2v) is 7.62. The quantitative estimate of drug-likeness (QED) is 0.823. The monoisotopic (exact) mass is 346 g/mol. The first kappa shape index (κ1) is 17.6. The molecule has 6 heteroatoms. The minimum absolute atomic E-state index is 0.0239. The van der Waals surface area contributed by atoms with E-state index in [1.807, 2.05) is 51.1 Å². The Morgan fingerprint density at radius 1 is 1.00 bits per heavy atom. The summed E-state index contributed by atoms with van der Waals surface area (Å²) < 4.78 is 10.9. The van der Waals surface area contributed by atoms with Crippen LogP contribution in [0, 0.1) is 0 Å². The molecule has 0 spiro atoms. The smallest absolute Gasteiger partial charge is 0.410 e. The maximum Gasteiger partial charge on any atom is 0.410 e. The van der Waals surface area contributed by atoms with Crippen molar-refractivity contribution in [1.82, 2.24) is 9.80 Å². The topological polar surface area (TPSA) is 59.1 Å². The third-order valence-corrected chi connectivity index (χ3v) is 4.64. The van der Waals surface area contributed by atoms with E-state index in [1.54, 1.807) is 9.80 Å². The number of amides is 2. The highest BCUT2D eigenvalue weighted by atomic mass is 16.6. The number of rotatable bonds is 2. The fourth-order valence-corrected chi connectivity index (χ4v) is 3.56. The van der Waals surface area contributed by atoms with Crippen LogP contribution in [0.1, 0.15) is 39.2 Å². The first-order valence-corrected chi connectivity index (χ1v) is 8.82. The summed E-state index contributed by atoms with van der Waals surface area (Å²) in [7, 11) is 0. The van der Waals surface area contributed by atoms with Gasteiger partial charge in [-0.1, -0.05) is 30.3 Å². The van der Waals surface area contributed by atoms with Crippen LogP contribution in [0.2, 0.25) is 0 Å². The number of nitrogens with zero attached hydrogens (tertiary/aromatic N) is 2. The highest BCUT2D eigenvalue weighted by molar-refractivity contribution is 5.71. The molecule has 0 N–H and O–H groups in total. The van der Waals surface area contributed by atoms with Gasteiger partial charge in [-0.05, 0) is 39.2 Å². The van der Waals surface area contributed by atoms with Crippen molar-refractivity contribution in [3.63, 3.8) is 0 Å². The Balaban J connectivity index is 1.56. The summed E-state index contributed by atoms with van der Waals surface area (Å²) in [5.41, 5.74) is 0.454. The third kappa shape index (κ3) is 4.06. The van der Waals surface area contributed by atoms with Crippen LogP contribution in [-0.4, -0.2) is 52.8 Å². The van der Waals surface area contributed by atoms with Crippen molar-refractivity contribution in [3.8, 4) is 0 Å². The van der Waals surface area contributed by atoms with Crippen molar-refractivity contribution < 1.29 is 19.1 Å². The zero-order valence-corrected chi connectivity index (χ0v) is 15.1. The highest BCUT2D eigenvalue weighted by Gasteiger charge is 2.47. The van der Waals surface area contributed by atoms with Crippen LogP contribution in [0.15, 0.2) is 30.3 Å². The molecule has 2 saturated heterocycles. The maximum atomic E-state index is 12.4. The van der Waals surface area contributed by atoms with Crippen LogP contribution in [0.4, 0.5) is 9.59 Å². The zero-order chi connectivity index (χ0) is 18.0. The summed E-state index contributed by atoms with van der Waals surface area (Å²) in [6, 6.07) is 9.69. The van der Waals surface area contributed by atoms with Gasteiger partial charge in [-0.3, -0.25) is 0 Å². The summed E-state index contributed by atoms with van der Waals surface area (Å²) in [4.78, 5) is 28.3. The molecule has 136 valence electrons. The van der Waals surface area contributed by atoms with Gasteiger partial charge in [-0.25, -0.2) is 9.59 Å². The zero-order valence-electron chi connectivity index (χ0n) is 15.1. The first-order chi connectivity index (χ1) is 11.8. The van der Waals surface area contributed by atoms with E-state index < -0.39 is 5.60 Å². The molecular formula is C19H26N2O4. The third-order valence-electron chi connectivity index (χ3n) is 4.64. The van der Waals surface area contributed by atoms with E-state index in [2.05, 4.69) is 0 Å². The normalized spacial score (nSPS) is 22.7. The van der Waals surface area contributed by atoms with Crippen LogP contribution in [0.5, 0.6) is 0 Å². The van der Waals surface area contributed by atoms with Crippen molar-refractivity contribution in [3.05, 3.63) is 35.9 Å². The van der Waals surface area contributed by atoms with Crippen LogP contribution in [0.3, 0.4) is 0 Å². The molecule has 25 heavy (non-hydrogen) atoms. The Morgan fingerprint density at radius 3 is 2.12 bits per heavy atom. The van der Waals surface area contributed by atoms with E-state index in [-0.39, 0.29) is 30.9 Å². The Hall–Kier alpha value is -2.24. The fraction of sp³-hybridized carbons (Fsp3) is 0.579. The molecule has 2 atom stereocenters. The molecule has 0 radical (unpaired) electrons. The molecule has 3 rings (SSSR count). The summed E-state index contributed by atoms with van der Waals surface area (Å²) in [5, 5.41) is 0. The minimum Gasteiger partial charge on any atom is -0.445 e. The molecule has 0 aliphatic carbocycles. The Morgan fingerprint density at radius 2 is 1.56 bits per heavy atom. The van der Waals surface area contributed by atoms with Crippen molar-refractivity contribution >= 4 is 12.2 Å². The molecule has 0 saturated carbocycles. The number of carbonyl (C=O) groups is 2. The molecule has 2 amide bonds. The van der Waals surface area contributed by atoms with E-state index in [0.717, 1.165) is 18.4 Å². The van der Waals surface area contributed by atoms with Gasteiger partial charge >= 0.3 is 12.2 Å². The summed E-state index contributed by atoms with van der Waals surface area (Å²) in [6.45, 7) is 7.08. The average Bonchev–Trinajstić information content (AvgIpc) is 3.13. The van der Waals surface area contributed by atoms with Gasteiger partial charge in [0.05, 0.1) is 12.1 Å². The number of ether oxygens (including phenoxy) is 2. The Bertz CT molecular complexity index is 626. The number of benzene rings is 1. The Labute approximate surface area is 148 Å². The first-order valence-electron chi connectivity index (χ1n) is 8.82. The predicted octanol–water partition coefficient (Wildman–Crippen LogP) is 3.41. The van der Waals surface area contributed by atoms with Gasteiger partial charge in [-0.2, -0.15) is 0 Å². The van der Waals surface area contributed by atoms with Gasteiger partial charge in [0.1, 0.15) is 12.2 Å². The number of likely N-dealkylation sites (tertiary alicyclic amines) is 2. The highest BCUT2D eigenvalue weighted by Crippen LogP contribution is 2.33. The fourth-order valence-electron chi connectivity index (χ4n) is 3.56. The SMILES string of the molecule is CC(C)(C)OC(=O)N1CC[C@H]2[C@@H]1CCN2C(=O)OCc1ccccc1. The van der Waals surface area contributed by atoms with Crippen molar-refractivity contribution in [2.75, 3.05) is 13.1 Å². The van der Waals surface area contributed by atoms with Gasteiger partial charge < -0.3 is 19.3 Å². The lowest BCUT2D eigenvalue weighted by molar-refractivity contribution is 0.0220. The molecule has 0 aromatic heterocycles. The second kappa shape index (κ2) is 6.94. The van der Waals surface area contributed by atoms with Crippen molar-refractivity contribution in [2.24, 2.45) is 0 Å². The summed E-state index contributed by atoms with van der Waals surface area (Å²) >= 11 is 0. The van der Waals surface area contributed by atoms with Gasteiger partial charge in [0.2, 0.25) is 0 Å². The standard InChI is InChI=1S/C19H26N2O4/c1-19(2,3)25-18(23)21-12-10-15-16(21)9-11-20(15)17(22)24-13-14-7-5-4-6-8-14/h4-8,15-16H,9-13H2,1-3H3/t15-,16-/m0/s1. The predicted molar refractivity (Wildman–Crippen MR) is 93.1 cm³/mol. The lowest BCUT2D eigenvalue weighted by atomic mass is 10.1. The summed E-state index contributed by atoms with van der Waals surface area (Å²) in [6.07, 6.45) is 0.941. The Kier molecular flexibility index (Phi) is 4.88. The maximum absolute atomic E-state index is 12.4. The van der Waals surface area contributed by atoms with Gasteiger partial charge in [0.15, 0.2) is 0 Å². The molecule has 6 nitrogen and oxygen atoms in total. The lowest BCUT2D eigenvalue weighted by Gasteiger charge is -2.28. The van der Waals surface area contributed by atoms with E-state index >= 15 is 0 Å². The molecule has 0 bridgehead atoms. The van der Waals surface area contributed by atoms with Crippen molar-refractivity contribution in [2.45, 2.75) is 57.9 Å². The molecule has 0 unspecified atom stereocenters. The molecule has 2 aliphatic heterocycles. The van der Waals surface area contributed by atoms with E-state index in [0.29, 0.717) is 13.1 Å². The largest absolute Gasteiger partial charge is 0.445 e. The van der Waals surface area contributed by atoms with Gasteiger partial charge in [0.25, 0.3) is 0 Å². The van der Waals surface area contributed by atoms with Gasteiger partial charge in [0, 0.05) is 13.1 Å². The molecule has 1 aromatic carbocycles. The number of fused-ring (bicyclic) bond motifs is 1. The van der Waals surface area contributed by atoms with Crippen LogP contribution in [0.25, 0.3) is 0 Å². The molecule has 1 aromatic rings. The lowest BCUT2D eigenvalue weighted by Crippen LogP contribution is -2.43. The minimum atomic E-state index is -0.512. The van der Waals surface area contributed by atoms with Crippen molar-refractivity contribution in [1.29, 1.82) is 0 Å². The van der Waals surface area contributed by atoms with E-state index in [4.69, 9.17) is 9.47 Å². The molecule has 2 heterocycles. The van der Waals surface area contributed by atoms with E-state index in [9.17, 15) is 9.59 Å². The van der Waals surface area contributed by atoms with Crippen LogP contribution in [-0.2, 0) is 16.1 Å². The molecular weight excluding hydrogens is 320 g/mol. The second-order valence-electron chi connectivity index (χ2n) is 7.62. The molecule has 2 aliphatic rings. The number of carbonyl (C=O) groups excluding carboxylic acids is 2. The van der Waals surface area contributed by atoms with Crippen LogP contribution >= 0.6 is 0 Å². The average molecular weight is 346 g/mol. The number of hydrogen-bond donors (Lipinski definition) is 0. The molecule has 2 fully saturated rings. The van der Waals surface area contributed by atoms with Crippen LogP contribution < -0.4 is 0 Å². The summed E-state index contributed by atoms with van der Waals surface area (Å²) in [5.74, 6) is 0. The number of hydrogen-bond acceptors (Lipinski definition) is 4. The van der Waals surface area contributed by atoms with Gasteiger partial charge in [-0.15, -0.1) is 0 Å².